The van der Waals surface area contributed by atoms with Crippen molar-refractivity contribution in [3.8, 4) is 5.75 Å². The van der Waals surface area contributed by atoms with Gasteiger partial charge in [0, 0.05) is 0 Å². The number of benzene rings is 1. The first-order chi connectivity index (χ1) is 9.52. The number of aromatic hydroxyl groups is 1. The Balaban J connectivity index is 2.58. The Hall–Kier alpha value is -1.50. The van der Waals surface area contributed by atoms with Crippen LogP contribution >= 0.6 is 0 Å². The zero-order valence-corrected chi connectivity index (χ0v) is 13.4. The van der Waals surface area contributed by atoms with Gasteiger partial charge in [-0.25, -0.2) is 0 Å². The van der Waals surface area contributed by atoms with Gasteiger partial charge in [0.1, 0.15) is 5.75 Å². The van der Waals surface area contributed by atoms with Crippen molar-refractivity contribution in [3.05, 3.63) is 52.6 Å². The van der Waals surface area contributed by atoms with E-state index < -0.39 is 0 Å². The third-order valence-corrected chi connectivity index (χ3v) is 3.45. The van der Waals surface area contributed by atoms with E-state index in [9.17, 15) is 5.11 Å². The fraction of sp³-hybridized carbons (Fsp3) is 0.474. The van der Waals surface area contributed by atoms with E-state index >= 15 is 0 Å². The van der Waals surface area contributed by atoms with Gasteiger partial charge in [0.25, 0.3) is 0 Å². The second kappa shape index (κ2) is 8.63. The first-order valence-electron chi connectivity index (χ1n) is 7.62. The average molecular weight is 272 g/mol. The molecule has 1 N–H and O–H groups in total. The molecule has 0 bridgehead atoms. The van der Waals surface area contributed by atoms with Crippen molar-refractivity contribution in [1.82, 2.24) is 0 Å². The summed E-state index contributed by atoms with van der Waals surface area (Å²) in [4.78, 5) is 0. The average Bonchev–Trinajstić information content (AvgIpc) is 2.37. The Bertz CT molecular complexity index is 477. The van der Waals surface area contributed by atoms with Gasteiger partial charge in [0.2, 0.25) is 0 Å². The lowest BCUT2D eigenvalue weighted by atomic mass is 10.0. The van der Waals surface area contributed by atoms with Crippen molar-refractivity contribution in [3.63, 3.8) is 0 Å². The van der Waals surface area contributed by atoms with E-state index in [4.69, 9.17) is 0 Å². The molecule has 0 amide bonds. The monoisotopic (exact) mass is 272 g/mol. The van der Waals surface area contributed by atoms with E-state index in [2.05, 4.69) is 52.0 Å². The minimum Gasteiger partial charge on any atom is -0.508 e. The highest BCUT2D eigenvalue weighted by Crippen LogP contribution is 2.21. The number of hydrogen-bond donors (Lipinski definition) is 1. The third-order valence-electron chi connectivity index (χ3n) is 3.45. The highest BCUT2D eigenvalue weighted by molar-refractivity contribution is 5.38. The molecule has 110 valence electrons. The Labute approximate surface area is 124 Å². The van der Waals surface area contributed by atoms with Crippen LogP contribution in [0.4, 0.5) is 0 Å². The maximum atomic E-state index is 10.0. The molecule has 0 saturated heterocycles. The van der Waals surface area contributed by atoms with Gasteiger partial charge in [0.05, 0.1) is 0 Å². The molecule has 0 aromatic heterocycles. The maximum Gasteiger partial charge on any atom is 0.119 e. The predicted octanol–water partition coefficient (Wildman–Crippen LogP) is 5.58. The Morgan fingerprint density at radius 2 is 1.90 bits per heavy atom. The second-order valence-electron chi connectivity index (χ2n) is 5.79. The van der Waals surface area contributed by atoms with Gasteiger partial charge < -0.3 is 5.11 Å². The van der Waals surface area contributed by atoms with Crippen molar-refractivity contribution < 1.29 is 5.11 Å². The standard InChI is InChI=1S/C19H28O/c1-5-7-17-11-13-18(19(20)14-17)12-10-16(4)9-6-8-15(2)3/h8,10-11,13-14,20H,5-7,9,12H2,1-4H3/b16-10+. The molecule has 0 radical (unpaired) electrons. The molecule has 0 spiro atoms. The van der Waals surface area contributed by atoms with Crippen LogP contribution in [-0.4, -0.2) is 5.11 Å². The Morgan fingerprint density at radius 1 is 1.15 bits per heavy atom. The minimum atomic E-state index is 0.435. The van der Waals surface area contributed by atoms with Crippen molar-refractivity contribution in [2.45, 2.75) is 59.8 Å². The lowest BCUT2D eigenvalue weighted by Crippen LogP contribution is -1.88. The van der Waals surface area contributed by atoms with E-state index in [0.29, 0.717) is 5.75 Å². The molecule has 0 fully saturated rings. The molecule has 1 nitrogen and oxygen atoms in total. The van der Waals surface area contributed by atoms with Crippen molar-refractivity contribution in [2.24, 2.45) is 0 Å². The summed E-state index contributed by atoms with van der Waals surface area (Å²) in [7, 11) is 0. The summed E-state index contributed by atoms with van der Waals surface area (Å²) < 4.78 is 0. The van der Waals surface area contributed by atoms with Crippen LogP contribution in [0.5, 0.6) is 5.75 Å². The molecule has 0 aliphatic rings. The summed E-state index contributed by atoms with van der Waals surface area (Å²) >= 11 is 0. The lowest BCUT2D eigenvalue weighted by molar-refractivity contribution is 0.469. The topological polar surface area (TPSA) is 20.2 Å². The van der Waals surface area contributed by atoms with Crippen LogP contribution in [0.3, 0.4) is 0 Å². The quantitative estimate of drug-likeness (QED) is 0.642. The van der Waals surface area contributed by atoms with Crippen LogP contribution in [0.2, 0.25) is 0 Å². The SMILES string of the molecule is CCCc1ccc(C/C=C(\C)CCC=C(C)C)c(O)c1. The zero-order chi connectivity index (χ0) is 15.0. The molecule has 0 aliphatic heterocycles. The van der Waals surface area contributed by atoms with Crippen LogP contribution in [-0.2, 0) is 12.8 Å². The highest BCUT2D eigenvalue weighted by Gasteiger charge is 2.01. The third kappa shape index (κ3) is 6.10. The smallest absolute Gasteiger partial charge is 0.119 e. The molecule has 20 heavy (non-hydrogen) atoms. The number of phenolic OH excluding ortho intramolecular Hbond substituents is 1. The number of allylic oxidation sites excluding steroid dienone is 4. The van der Waals surface area contributed by atoms with Gasteiger partial charge in [-0.05, 0) is 63.6 Å². The number of rotatable bonds is 7. The summed E-state index contributed by atoms with van der Waals surface area (Å²) in [6, 6.07) is 6.09. The second-order valence-corrected chi connectivity index (χ2v) is 5.79. The first kappa shape index (κ1) is 16.6. The summed E-state index contributed by atoms with van der Waals surface area (Å²) in [5, 5.41) is 10.0. The van der Waals surface area contributed by atoms with E-state index in [0.717, 1.165) is 37.7 Å². The summed E-state index contributed by atoms with van der Waals surface area (Å²) in [6.45, 7) is 8.59. The molecule has 1 aromatic carbocycles. The van der Waals surface area contributed by atoms with E-state index in [1.807, 2.05) is 6.07 Å². The van der Waals surface area contributed by atoms with E-state index in [1.165, 1.54) is 16.7 Å². The molecule has 0 saturated carbocycles. The Kier molecular flexibility index (Phi) is 7.14. The van der Waals surface area contributed by atoms with Crippen molar-refractivity contribution in [1.29, 1.82) is 0 Å². The number of hydrogen-bond acceptors (Lipinski definition) is 1. The summed E-state index contributed by atoms with van der Waals surface area (Å²) in [5.41, 5.74) is 5.01. The predicted molar refractivity (Wildman–Crippen MR) is 88.2 cm³/mol. The number of phenols is 1. The largest absolute Gasteiger partial charge is 0.508 e. The van der Waals surface area contributed by atoms with Crippen molar-refractivity contribution in [2.75, 3.05) is 0 Å². The highest BCUT2D eigenvalue weighted by atomic mass is 16.3. The Morgan fingerprint density at radius 3 is 2.50 bits per heavy atom. The van der Waals surface area contributed by atoms with Crippen LogP contribution < -0.4 is 0 Å². The van der Waals surface area contributed by atoms with Crippen LogP contribution in [0.25, 0.3) is 0 Å². The summed E-state index contributed by atoms with van der Waals surface area (Å²) in [6.07, 6.45) is 9.67. The number of aryl methyl sites for hydroxylation is 1. The normalized spacial score (nSPS) is 11.5. The molecule has 1 heteroatoms. The van der Waals surface area contributed by atoms with Gasteiger partial charge in [-0.2, -0.15) is 0 Å². The molecule has 0 atom stereocenters. The fourth-order valence-corrected chi connectivity index (χ4v) is 2.20. The van der Waals surface area contributed by atoms with Gasteiger partial charge in [-0.1, -0.05) is 48.8 Å². The molecule has 1 rings (SSSR count). The molecular weight excluding hydrogens is 244 g/mol. The van der Waals surface area contributed by atoms with E-state index in [1.54, 1.807) is 0 Å². The van der Waals surface area contributed by atoms with E-state index in [-0.39, 0.29) is 0 Å². The molecule has 0 heterocycles. The minimum absolute atomic E-state index is 0.435. The van der Waals surface area contributed by atoms with Crippen molar-refractivity contribution >= 4 is 0 Å². The fourth-order valence-electron chi connectivity index (χ4n) is 2.20. The first-order valence-corrected chi connectivity index (χ1v) is 7.62. The molecular formula is C19H28O. The van der Waals surface area contributed by atoms with Crippen LogP contribution in [0.1, 0.15) is 58.1 Å². The molecule has 0 aliphatic carbocycles. The zero-order valence-electron chi connectivity index (χ0n) is 13.4. The molecule has 0 unspecified atom stereocenters. The lowest BCUT2D eigenvalue weighted by Gasteiger charge is -2.06. The van der Waals surface area contributed by atoms with Gasteiger partial charge in [-0.3, -0.25) is 0 Å². The summed E-state index contributed by atoms with van der Waals surface area (Å²) in [5.74, 6) is 0.435. The van der Waals surface area contributed by atoms with Crippen LogP contribution in [0, 0.1) is 0 Å². The van der Waals surface area contributed by atoms with Crippen LogP contribution in [0.15, 0.2) is 41.5 Å². The van der Waals surface area contributed by atoms with Gasteiger partial charge in [-0.15, -0.1) is 0 Å². The maximum absolute atomic E-state index is 10.0. The van der Waals surface area contributed by atoms with Gasteiger partial charge in [0.15, 0.2) is 0 Å². The molecule has 1 aromatic rings. The van der Waals surface area contributed by atoms with Gasteiger partial charge >= 0.3 is 0 Å².